The fourth-order valence-electron chi connectivity index (χ4n) is 3.72. The zero-order valence-electron chi connectivity index (χ0n) is 14.9. The van der Waals surface area contributed by atoms with Gasteiger partial charge in [-0.05, 0) is 24.1 Å². The molecule has 0 radical (unpaired) electrons. The number of aryl methyl sites for hydroxylation is 2. The van der Waals surface area contributed by atoms with Crippen molar-refractivity contribution in [1.29, 1.82) is 0 Å². The zero-order valence-corrected chi connectivity index (χ0v) is 14.9. The Bertz CT molecular complexity index is 677. The van der Waals surface area contributed by atoms with Crippen LogP contribution in [0.5, 0.6) is 0 Å². The van der Waals surface area contributed by atoms with Crippen LogP contribution >= 0.6 is 0 Å². The molecule has 1 fully saturated rings. The Hall–Kier alpha value is -1.92. The molecule has 1 unspecified atom stereocenters. The summed E-state index contributed by atoms with van der Waals surface area (Å²) in [5.41, 5.74) is 2.63. The molecule has 0 saturated carbocycles. The van der Waals surface area contributed by atoms with Crippen molar-refractivity contribution >= 4 is 5.69 Å². The second-order valence-electron chi connectivity index (χ2n) is 6.88. The monoisotopic (exact) mass is 341 g/mol. The topological polar surface area (TPSA) is 55.2 Å². The first-order chi connectivity index (χ1) is 12.3. The van der Waals surface area contributed by atoms with Crippen LogP contribution in [0, 0.1) is 0 Å². The standard InChI is InChI=1S/C19H27N5O/c1-2-18-21-22-19-8-5-16(14-24(18)19)20-13-15-3-6-17(7-4-15)23-9-11-25-12-10-23/h3-4,6-7,16,20H,2,5,8-14H2,1H3. The maximum atomic E-state index is 5.42. The summed E-state index contributed by atoms with van der Waals surface area (Å²) in [6, 6.07) is 9.43. The van der Waals surface area contributed by atoms with Crippen LogP contribution in [0.15, 0.2) is 24.3 Å². The lowest BCUT2D eigenvalue weighted by molar-refractivity contribution is 0.122. The van der Waals surface area contributed by atoms with Crippen molar-refractivity contribution in [2.45, 2.75) is 45.3 Å². The van der Waals surface area contributed by atoms with Gasteiger partial charge in [0.25, 0.3) is 0 Å². The number of morpholine rings is 1. The molecule has 0 spiro atoms. The number of ether oxygens (including phenoxy) is 1. The van der Waals surface area contributed by atoms with Gasteiger partial charge in [0.2, 0.25) is 0 Å². The van der Waals surface area contributed by atoms with Crippen LogP contribution in [0.2, 0.25) is 0 Å². The quantitative estimate of drug-likeness (QED) is 0.898. The normalized spacial score (nSPS) is 20.5. The van der Waals surface area contributed by atoms with Crippen LogP contribution in [-0.4, -0.2) is 47.1 Å². The van der Waals surface area contributed by atoms with Crippen molar-refractivity contribution in [3.63, 3.8) is 0 Å². The van der Waals surface area contributed by atoms with Crippen LogP contribution in [0.4, 0.5) is 5.69 Å². The fraction of sp³-hybridized carbons (Fsp3) is 0.579. The molecule has 0 aliphatic carbocycles. The number of benzene rings is 1. The first kappa shape index (κ1) is 16.5. The Morgan fingerprint density at radius 1 is 1.16 bits per heavy atom. The minimum atomic E-state index is 0.493. The highest BCUT2D eigenvalue weighted by atomic mass is 16.5. The molecule has 6 nitrogen and oxygen atoms in total. The van der Waals surface area contributed by atoms with Gasteiger partial charge >= 0.3 is 0 Å². The molecule has 25 heavy (non-hydrogen) atoms. The minimum Gasteiger partial charge on any atom is -0.378 e. The molecule has 1 aromatic carbocycles. The smallest absolute Gasteiger partial charge is 0.133 e. The van der Waals surface area contributed by atoms with E-state index in [2.05, 4.69) is 56.2 Å². The number of nitrogens with one attached hydrogen (secondary N) is 1. The summed E-state index contributed by atoms with van der Waals surface area (Å²) < 4.78 is 7.72. The van der Waals surface area contributed by atoms with Crippen LogP contribution in [0.1, 0.15) is 30.6 Å². The Labute approximate surface area is 149 Å². The predicted molar refractivity (Wildman–Crippen MR) is 97.8 cm³/mol. The molecule has 2 aliphatic heterocycles. The average molecular weight is 341 g/mol. The van der Waals surface area contributed by atoms with E-state index in [-0.39, 0.29) is 0 Å². The highest BCUT2D eigenvalue weighted by molar-refractivity contribution is 5.47. The second-order valence-corrected chi connectivity index (χ2v) is 6.88. The molecule has 1 atom stereocenters. The van der Waals surface area contributed by atoms with E-state index >= 15 is 0 Å². The van der Waals surface area contributed by atoms with Crippen molar-refractivity contribution in [3.8, 4) is 0 Å². The van der Waals surface area contributed by atoms with E-state index in [9.17, 15) is 0 Å². The molecule has 134 valence electrons. The average Bonchev–Trinajstić information content (AvgIpc) is 3.10. The highest BCUT2D eigenvalue weighted by Crippen LogP contribution is 2.18. The van der Waals surface area contributed by atoms with Gasteiger partial charge in [-0.15, -0.1) is 10.2 Å². The van der Waals surface area contributed by atoms with Crippen LogP contribution < -0.4 is 10.2 Å². The lowest BCUT2D eigenvalue weighted by atomic mass is 10.1. The van der Waals surface area contributed by atoms with Gasteiger partial charge < -0.3 is 19.5 Å². The van der Waals surface area contributed by atoms with Gasteiger partial charge in [-0.2, -0.15) is 0 Å². The van der Waals surface area contributed by atoms with Gasteiger partial charge in [0, 0.05) is 50.7 Å². The SMILES string of the molecule is CCc1nnc2n1CC(NCc1ccc(N3CCOCC3)cc1)CC2. The predicted octanol–water partition coefficient (Wildman–Crippen LogP) is 1.78. The van der Waals surface area contributed by atoms with E-state index < -0.39 is 0 Å². The molecular formula is C19H27N5O. The third kappa shape index (κ3) is 3.70. The molecule has 3 heterocycles. The van der Waals surface area contributed by atoms with Gasteiger partial charge in [-0.1, -0.05) is 19.1 Å². The molecule has 4 rings (SSSR count). The molecule has 1 aromatic heterocycles. The van der Waals surface area contributed by atoms with E-state index in [0.717, 1.165) is 70.3 Å². The molecule has 0 bridgehead atoms. The molecule has 2 aromatic rings. The third-order valence-electron chi connectivity index (χ3n) is 5.25. The number of fused-ring (bicyclic) bond motifs is 1. The van der Waals surface area contributed by atoms with Crippen LogP contribution in [-0.2, 0) is 30.7 Å². The second kappa shape index (κ2) is 7.54. The third-order valence-corrected chi connectivity index (χ3v) is 5.25. The van der Waals surface area contributed by atoms with E-state index in [4.69, 9.17) is 4.74 Å². The Kier molecular flexibility index (Phi) is 4.99. The summed E-state index contributed by atoms with van der Waals surface area (Å²) in [7, 11) is 0. The summed E-state index contributed by atoms with van der Waals surface area (Å²) in [4.78, 5) is 2.39. The summed E-state index contributed by atoms with van der Waals surface area (Å²) >= 11 is 0. The number of nitrogens with zero attached hydrogens (tertiary/aromatic N) is 4. The van der Waals surface area contributed by atoms with Gasteiger partial charge in [0.15, 0.2) is 0 Å². The highest BCUT2D eigenvalue weighted by Gasteiger charge is 2.21. The van der Waals surface area contributed by atoms with Gasteiger partial charge in [0.1, 0.15) is 11.6 Å². The van der Waals surface area contributed by atoms with Gasteiger partial charge in [-0.3, -0.25) is 0 Å². The van der Waals surface area contributed by atoms with Crippen molar-refractivity contribution in [3.05, 3.63) is 41.5 Å². The van der Waals surface area contributed by atoms with Crippen LogP contribution in [0.3, 0.4) is 0 Å². The number of anilines is 1. The minimum absolute atomic E-state index is 0.493. The molecule has 1 N–H and O–H groups in total. The molecule has 6 heteroatoms. The number of hydrogen-bond acceptors (Lipinski definition) is 5. The summed E-state index contributed by atoms with van der Waals surface area (Å²) in [5, 5.41) is 12.3. The largest absolute Gasteiger partial charge is 0.378 e. The van der Waals surface area contributed by atoms with Crippen molar-refractivity contribution in [2.24, 2.45) is 0 Å². The number of aromatic nitrogens is 3. The summed E-state index contributed by atoms with van der Waals surface area (Å²) in [6.07, 6.45) is 3.09. The van der Waals surface area contributed by atoms with Crippen molar-refractivity contribution in [2.75, 3.05) is 31.2 Å². The molecule has 1 saturated heterocycles. The van der Waals surface area contributed by atoms with Crippen molar-refractivity contribution in [1.82, 2.24) is 20.1 Å². The Morgan fingerprint density at radius 3 is 2.72 bits per heavy atom. The molecule has 2 aliphatic rings. The fourth-order valence-corrected chi connectivity index (χ4v) is 3.72. The molecule has 0 amide bonds. The lowest BCUT2D eigenvalue weighted by Crippen LogP contribution is -2.37. The first-order valence-corrected chi connectivity index (χ1v) is 9.39. The Morgan fingerprint density at radius 2 is 1.96 bits per heavy atom. The number of rotatable bonds is 5. The van der Waals surface area contributed by atoms with Gasteiger partial charge in [-0.25, -0.2) is 0 Å². The van der Waals surface area contributed by atoms with Crippen LogP contribution in [0.25, 0.3) is 0 Å². The van der Waals surface area contributed by atoms with Crippen molar-refractivity contribution < 1.29 is 4.74 Å². The van der Waals surface area contributed by atoms with E-state index in [1.165, 1.54) is 11.3 Å². The summed E-state index contributed by atoms with van der Waals surface area (Å²) in [6.45, 7) is 7.67. The maximum Gasteiger partial charge on any atom is 0.133 e. The number of hydrogen-bond donors (Lipinski definition) is 1. The first-order valence-electron chi connectivity index (χ1n) is 9.39. The lowest BCUT2D eigenvalue weighted by Gasteiger charge is -2.29. The van der Waals surface area contributed by atoms with E-state index in [1.54, 1.807) is 0 Å². The van der Waals surface area contributed by atoms with Gasteiger partial charge in [0.05, 0.1) is 13.2 Å². The maximum absolute atomic E-state index is 5.42. The van der Waals surface area contributed by atoms with E-state index in [0.29, 0.717) is 6.04 Å². The Balaban J connectivity index is 1.32. The zero-order chi connectivity index (χ0) is 17.1. The molecular weight excluding hydrogens is 314 g/mol. The van der Waals surface area contributed by atoms with E-state index in [1.807, 2.05) is 0 Å². The summed E-state index contributed by atoms with van der Waals surface area (Å²) in [5.74, 6) is 2.25.